The summed E-state index contributed by atoms with van der Waals surface area (Å²) in [7, 11) is -4.12. The van der Waals surface area contributed by atoms with Gasteiger partial charge in [-0.25, -0.2) is 12.4 Å². The highest BCUT2D eigenvalue weighted by atomic mass is 32.2. The van der Waals surface area contributed by atoms with E-state index in [1.165, 1.54) is 24.8 Å². The van der Waals surface area contributed by atoms with Gasteiger partial charge in [0.1, 0.15) is 11.2 Å². The molecular formula is C16H19F3N2O5S2. The fourth-order valence-corrected chi connectivity index (χ4v) is 4.92. The summed E-state index contributed by atoms with van der Waals surface area (Å²) in [4.78, 5) is 9.93. The number of nitro benzene ring substituents is 1. The summed E-state index contributed by atoms with van der Waals surface area (Å²) < 4.78 is 65.1. The average molecular weight is 440 g/mol. The predicted octanol–water partition coefficient (Wildman–Crippen LogP) is 3.73. The standard InChI is InChI=1S/C16H19F3N2O5S2/c1-4-5-27-9-15(2,22)14-7-10-6-13(21(23)24)11(16(17,18)19)8-12(10)20(14)28(3,25)26/h6-8,22H,4-5,9H2,1-3H3. The molecule has 1 heterocycles. The third kappa shape index (κ3) is 4.44. The topological polar surface area (TPSA) is 102 Å². The number of nitrogens with zero attached hydrogens (tertiary/aromatic N) is 2. The molecule has 1 atom stereocenters. The maximum atomic E-state index is 13.3. The summed E-state index contributed by atoms with van der Waals surface area (Å²) in [6, 6.07) is 2.29. The Morgan fingerprint density at radius 1 is 1.29 bits per heavy atom. The first-order valence-corrected chi connectivity index (χ1v) is 11.1. The number of hydrogen-bond acceptors (Lipinski definition) is 6. The van der Waals surface area contributed by atoms with Gasteiger partial charge in [-0.05, 0) is 31.2 Å². The van der Waals surface area contributed by atoms with Crippen LogP contribution in [0.1, 0.15) is 31.5 Å². The number of hydrogen-bond donors (Lipinski definition) is 1. The van der Waals surface area contributed by atoms with Crippen molar-refractivity contribution in [2.75, 3.05) is 17.8 Å². The summed E-state index contributed by atoms with van der Waals surface area (Å²) in [5, 5.41) is 21.8. The summed E-state index contributed by atoms with van der Waals surface area (Å²) in [5.41, 5.74) is -4.95. The van der Waals surface area contributed by atoms with Crippen LogP contribution in [0.2, 0.25) is 0 Å². The summed E-state index contributed by atoms with van der Waals surface area (Å²) in [6.45, 7) is 3.28. The lowest BCUT2D eigenvalue weighted by Crippen LogP contribution is -2.30. The Labute approximate surface area is 163 Å². The van der Waals surface area contributed by atoms with Crippen LogP contribution < -0.4 is 0 Å². The maximum absolute atomic E-state index is 13.3. The summed E-state index contributed by atoms with van der Waals surface area (Å²) in [5.74, 6) is 0.792. The Morgan fingerprint density at radius 3 is 2.36 bits per heavy atom. The van der Waals surface area contributed by atoms with Crippen molar-refractivity contribution in [3.05, 3.63) is 39.6 Å². The van der Waals surface area contributed by atoms with Crippen LogP contribution in [0.5, 0.6) is 0 Å². The van der Waals surface area contributed by atoms with Gasteiger partial charge in [-0.15, -0.1) is 0 Å². The molecule has 7 nitrogen and oxygen atoms in total. The number of rotatable bonds is 7. The van der Waals surface area contributed by atoms with Crippen molar-refractivity contribution in [2.45, 2.75) is 32.0 Å². The first-order chi connectivity index (χ1) is 12.7. The minimum Gasteiger partial charge on any atom is -0.383 e. The van der Waals surface area contributed by atoms with Gasteiger partial charge in [-0.2, -0.15) is 24.9 Å². The van der Waals surface area contributed by atoms with Crippen LogP contribution in [0.4, 0.5) is 18.9 Å². The van der Waals surface area contributed by atoms with Gasteiger partial charge >= 0.3 is 6.18 Å². The minimum atomic E-state index is -5.05. The van der Waals surface area contributed by atoms with E-state index in [4.69, 9.17) is 0 Å². The minimum absolute atomic E-state index is 0.0825. The van der Waals surface area contributed by atoms with Crippen LogP contribution in [0.25, 0.3) is 10.9 Å². The zero-order valence-electron chi connectivity index (χ0n) is 15.3. The Bertz CT molecular complexity index is 1010. The molecule has 0 radical (unpaired) electrons. The number of benzene rings is 1. The monoisotopic (exact) mass is 440 g/mol. The first-order valence-electron chi connectivity index (χ1n) is 8.12. The molecule has 0 spiro atoms. The Balaban J connectivity index is 2.85. The maximum Gasteiger partial charge on any atom is 0.423 e. The van der Waals surface area contributed by atoms with Gasteiger partial charge in [-0.1, -0.05) is 6.92 Å². The van der Waals surface area contributed by atoms with Crippen molar-refractivity contribution in [3.8, 4) is 0 Å². The largest absolute Gasteiger partial charge is 0.423 e. The van der Waals surface area contributed by atoms with E-state index in [1.54, 1.807) is 0 Å². The summed E-state index contributed by atoms with van der Waals surface area (Å²) in [6.07, 6.45) is -3.44. The predicted molar refractivity (Wildman–Crippen MR) is 101 cm³/mol. The van der Waals surface area contributed by atoms with E-state index in [0.717, 1.165) is 12.7 Å². The van der Waals surface area contributed by atoms with Gasteiger partial charge in [-0.3, -0.25) is 10.1 Å². The summed E-state index contributed by atoms with van der Waals surface area (Å²) >= 11 is 1.35. The molecule has 0 saturated heterocycles. The molecule has 156 valence electrons. The molecule has 12 heteroatoms. The highest BCUT2D eigenvalue weighted by molar-refractivity contribution is 7.99. The zero-order valence-corrected chi connectivity index (χ0v) is 16.9. The average Bonchev–Trinajstić information content (AvgIpc) is 2.92. The van der Waals surface area contributed by atoms with E-state index in [1.807, 2.05) is 6.92 Å². The van der Waals surface area contributed by atoms with Crippen LogP contribution in [0.15, 0.2) is 18.2 Å². The molecule has 0 amide bonds. The highest BCUT2D eigenvalue weighted by Crippen LogP contribution is 2.41. The van der Waals surface area contributed by atoms with Crippen LogP contribution in [-0.4, -0.2) is 40.2 Å². The van der Waals surface area contributed by atoms with Gasteiger partial charge in [0.05, 0.1) is 22.4 Å². The number of fused-ring (bicyclic) bond motifs is 1. The van der Waals surface area contributed by atoms with E-state index in [0.29, 0.717) is 21.9 Å². The second-order valence-electron chi connectivity index (χ2n) is 6.57. The molecule has 28 heavy (non-hydrogen) atoms. The van der Waals surface area contributed by atoms with Crippen LogP contribution >= 0.6 is 11.8 Å². The molecule has 0 aliphatic rings. The number of thioether (sulfide) groups is 1. The lowest BCUT2D eigenvalue weighted by atomic mass is 10.1. The van der Waals surface area contributed by atoms with Crippen molar-refractivity contribution in [2.24, 2.45) is 0 Å². The Morgan fingerprint density at radius 2 is 1.89 bits per heavy atom. The fraction of sp³-hybridized carbons (Fsp3) is 0.500. The second kappa shape index (κ2) is 7.56. The molecular weight excluding hydrogens is 421 g/mol. The molecule has 1 unspecified atom stereocenters. The van der Waals surface area contributed by atoms with Crippen molar-refractivity contribution >= 4 is 38.4 Å². The first kappa shape index (κ1) is 22.5. The van der Waals surface area contributed by atoms with E-state index >= 15 is 0 Å². The number of nitro groups is 1. The van der Waals surface area contributed by atoms with E-state index in [9.17, 15) is 36.8 Å². The van der Waals surface area contributed by atoms with Gasteiger partial charge in [0.15, 0.2) is 0 Å². The van der Waals surface area contributed by atoms with E-state index in [-0.39, 0.29) is 22.3 Å². The van der Waals surface area contributed by atoms with Crippen molar-refractivity contribution in [1.29, 1.82) is 0 Å². The lowest BCUT2D eigenvalue weighted by Gasteiger charge is -2.24. The molecule has 2 rings (SSSR count). The number of aromatic nitrogens is 1. The number of aliphatic hydroxyl groups is 1. The van der Waals surface area contributed by atoms with E-state index < -0.39 is 38.0 Å². The van der Waals surface area contributed by atoms with Gasteiger partial charge < -0.3 is 5.11 Å². The van der Waals surface area contributed by atoms with Crippen molar-refractivity contribution < 1.29 is 31.6 Å². The van der Waals surface area contributed by atoms with E-state index in [2.05, 4.69) is 0 Å². The highest BCUT2D eigenvalue weighted by Gasteiger charge is 2.40. The van der Waals surface area contributed by atoms with Crippen LogP contribution in [0.3, 0.4) is 0 Å². The molecule has 1 N–H and O–H groups in total. The molecule has 0 saturated carbocycles. The van der Waals surface area contributed by atoms with Gasteiger partial charge in [0.25, 0.3) is 5.69 Å². The SMILES string of the molecule is CCCSCC(C)(O)c1cc2cc([N+](=O)[O-])c(C(F)(F)F)cc2n1S(C)(=O)=O. The zero-order chi connectivity index (χ0) is 21.5. The molecule has 1 aromatic carbocycles. The number of halogens is 3. The van der Waals surface area contributed by atoms with Crippen molar-refractivity contribution in [1.82, 2.24) is 3.97 Å². The van der Waals surface area contributed by atoms with Crippen LogP contribution in [-0.2, 0) is 21.8 Å². The molecule has 1 aromatic heterocycles. The lowest BCUT2D eigenvalue weighted by molar-refractivity contribution is -0.387. The molecule has 0 fully saturated rings. The third-order valence-electron chi connectivity index (χ3n) is 3.99. The molecule has 0 aliphatic heterocycles. The van der Waals surface area contributed by atoms with Crippen molar-refractivity contribution in [3.63, 3.8) is 0 Å². The van der Waals surface area contributed by atoms with Gasteiger partial charge in [0, 0.05) is 17.2 Å². The second-order valence-corrected chi connectivity index (χ2v) is 9.50. The normalized spacial score (nSPS) is 15.0. The molecule has 0 bridgehead atoms. The Kier molecular flexibility index (Phi) is 6.07. The fourth-order valence-electron chi connectivity index (χ4n) is 2.82. The third-order valence-corrected chi connectivity index (χ3v) is 6.51. The smallest absolute Gasteiger partial charge is 0.383 e. The Hall–Kier alpha value is -1.79. The van der Waals surface area contributed by atoms with Crippen LogP contribution in [0, 0.1) is 10.1 Å². The quantitative estimate of drug-likeness (QED) is 0.400. The molecule has 2 aromatic rings. The molecule has 0 aliphatic carbocycles. The number of alkyl halides is 3. The van der Waals surface area contributed by atoms with Gasteiger partial charge in [0.2, 0.25) is 10.0 Å².